The number of hydrogen-bond acceptors (Lipinski definition) is 3. The molecule has 0 aliphatic carbocycles. The molecule has 35 heavy (non-hydrogen) atoms. The van der Waals surface area contributed by atoms with Crippen molar-refractivity contribution in [2.24, 2.45) is 0 Å². The summed E-state index contributed by atoms with van der Waals surface area (Å²) in [6, 6.07) is 36.2. The van der Waals surface area contributed by atoms with E-state index in [1.807, 2.05) is 35.7 Å². The quantitative estimate of drug-likeness (QED) is 0.260. The Morgan fingerprint density at radius 3 is 2.31 bits per heavy atom. The molecule has 4 aromatic heterocycles. The average molecular weight is 467 g/mol. The first kappa shape index (κ1) is 18.9. The van der Waals surface area contributed by atoms with Crippen molar-refractivity contribution in [1.29, 1.82) is 0 Å². The summed E-state index contributed by atoms with van der Waals surface area (Å²) < 4.78 is 7.09. The Bertz CT molecular complexity index is 2060. The third-order valence-corrected chi connectivity index (χ3v) is 7.91. The Kier molecular flexibility index (Phi) is 3.78. The highest BCUT2D eigenvalue weighted by Crippen LogP contribution is 2.40. The van der Waals surface area contributed by atoms with Gasteiger partial charge in [-0.2, -0.15) is 0 Å². The molecule has 8 rings (SSSR count). The van der Waals surface area contributed by atoms with Crippen molar-refractivity contribution in [3.05, 3.63) is 109 Å². The Balaban J connectivity index is 1.57. The van der Waals surface area contributed by atoms with Crippen LogP contribution in [0.2, 0.25) is 0 Å². The molecular formula is C30H18N4S. The molecule has 0 saturated heterocycles. The third-order valence-electron chi connectivity index (χ3n) is 6.78. The smallest absolute Gasteiger partial charge is 0.220 e. The van der Waals surface area contributed by atoms with E-state index in [-0.39, 0.29) is 0 Å². The van der Waals surface area contributed by atoms with Crippen LogP contribution in [0.15, 0.2) is 109 Å². The molecule has 0 aliphatic rings. The van der Waals surface area contributed by atoms with Crippen molar-refractivity contribution >= 4 is 64.5 Å². The fourth-order valence-corrected chi connectivity index (χ4v) is 6.38. The first-order valence-corrected chi connectivity index (χ1v) is 12.4. The van der Waals surface area contributed by atoms with Crippen LogP contribution >= 0.6 is 11.3 Å². The maximum atomic E-state index is 5.16. The van der Waals surface area contributed by atoms with Gasteiger partial charge in [-0.3, -0.25) is 14.1 Å². The van der Waals surface area contributed by atoms with Crippen LogP contribution < -0.4 is 0 Å². The topological polar surface area (TPSA) is 35.6 Å². The van der Waals surface area contributed by atoms with Gasteiger partial charge in [-0.15, -0.1) is 11.3 Å². The van der Waals surface area contributed by atoms with Crippen LogP contribution in [0.4, 0.5) is 0 Å². The first-order chi connectivity index (χ1) is 17.4. The number of nitrogens with zero attached hydrogens (tertiary/aromatic N) is 4. The molecule has 8 aromatic rings. The van der Waals surface area contributed by atoms with Crippen LogP contribution in [-0.2, 0) is 0 Å². The van der Waals surface area contributed by atoms with E-state index in [2.05, 4.69) is 94.1 Å². The van der Waals surface area contributed by atoms with Crippen molar-refractivity contribution in [2.45, 2.75) is 0 Å². The number of hydrogen-bond donors (Lipinski definition) is 0. The SMILES string of the molecule is c1ccc(-n2c(-n3c4cc5sc6ccccc6c5cc4c4ncccc43)nc3ccccc32)cc1. The normalized spacial score (nSPS) is 12.0. The Labute approximate surface area is 204 Å². The first-order valence-electron chi connectivity index (χ1n) is 11.6. The van der Waals surface area contributed by atoms with Crippen molar-refractivity contribution in [3.63, 3.8) is 0 Å². The lowest BCUT2D eigenvalue weighted by molar-refractivity contribution is 0.955. The molecule has 0 amide bonds. The summed E-state index contributed by atoms with van der Waals surface area (Å²) in [6.07, 6.45) is 1.88. The van der Waals surface area contributed by atoms with E-state index in [9.17, 15) is 0 Å². The lowest BCUT2D eigenvalue weighted by Crippen LogP contribution is -2.05. The van der Waals surface area contributed by atoms with Gasteiger partial charge < -0.3 is 0 Å². The molecule has 4 aromatic carbocycles. The third kappa shape index (κ3) is 2.61. The van der Waals surface area contributed by atoms with Crippen LogP contribution in [0.25, 0.3) is 64.8 Å². The summed E-state index contributed by atoms with van der Waals surface area (Å²) in [5.74, 6) is 0.867. The molecule has 0 spiro atoms. The highest BCUT2D eigenvalue weighted by Gasteiger charge is 2.21. The molecule has 0 atom stereocenters. The highest BCUT2D eigenvalue weighted by atomic mass is 32.1. The number of fused-ring (bicyclic) bond motifs is 7. The minimum absolute atomic E-state index is 0.867. The molecule has 0 saturated carbocycles. The zero-order chi connectivity index (χ0) is 22.9. The van der Waals surface area contributed by atoms with Crippen LogP contribution in [-0.4, -0.2) is 19.1 Å². The Hall–Kier alpha value is -4.48. The molecule has 0 unspecified atom stereocenters. The van der Waals surface area contributed by atoms with Gasteiger partial charge in [-0.05, 0) is 54.6 Å². The van der Waals surface area contributed by atoms with Crippen LogP contribution in [0.1, 0.15) is 0 Å². The molecule has 0 bridgehead atoms. The van der Waals surface area contributed by atoms with Gasteiger partial charge in [0.05, 0.1) is 27.6 Å². The van der Waals surface area contributed by atoms with Crippen molar-refractivity contribution < 1.29 is 0 Å². The van der Waals surface area contributed by atoms with E-state index in [0.717, 1.165) is 44.6 Å². The van der Waals surface area contributed by atoms with E-state index >= 15 is 0 Å². The summed E-state index contributed by atoms with van der Waals surface area (Å²) in [7, 11) is 0. The number of para-hydroxylation sites is 3. The lowest BCUT2D eigenvalue weighted by atomic mass is 10.1. The molecule has 4 nitrogen and oxygen atoms in total. The number of thiophene rings is 1. The molecule has 0 radical (unpaired) electrons. The number of benzene rings is 4. The second kappa shape index (κ2) is 7.01. The standard InChI is InChI=1S/C30H18N4S/c1-2-9-19(10-3-1)33-24-13-6-5-12-23(24)32-30(33)34-25-14-8-16-31-29(25)22-17-21-20-11-4-7-15-27(20)35-28(21)18-26(22)34/h1-18H. The largest absolute Gasteiger partial charge is 0.278 e. The second-order valence-corrected chi connectivity index (χ2v) is 9.83. The maximum Gasteiger partial charge on any atom is 0.220 e. The van der Waals surface area contributed by atoms with E-state index in [0.29, 0.717) is 0 Å². The van der Waals surface area contributed by atoms with Crippen LogP contribution in [0, 0.1) is 0 Å². The zero-order valence-corrected chi connectivity index (χ0v) is 19.4. The summed E-state index contributed by atoms with van der Waals surface area (Å²) in [6.45, 7) is 0. The van der Waals surface area contributed by atoms with Gasteiger partial charge in [0.2, 0.25) is 5.95 Å². The average Bonchev–Trinajstić information content (AvgIpc) is 3.56. The van der Waals surface area contributed by atoms with Crippen LogP contribution in [0.5, 0.6) is 0 Å². The molecule has 5 heteroatoms. The van der Waals surface area contributed by atoms with E-state index in [1.165, 1.54) is 20.2 Å². The molecule has 0 fully saturated rings. The van der Waals surface area contributed by atoms with Gasteiger partial charge in [-0.1, -0.05) is 48.5 Å². The molecule has 0 aliphatic heterocycles. The number of imidazole rings is 1. The summed E-state index contributed by atoms with van der Waals surface area (Å²) >= 11 is 1.83. The summed E-state index contributed by atoms with van der Waals surface area (Å²) in [5.41, 5.74) is 6.29. The number of pyridine rings is 1. The summed E-state index contributed by atoms with van der Waals surface area (Å²) in [5, 5.41) is 3.71. The fraction of sp³-hybridized carbons (Fsp3) is 0. The Morgan fingerprint density at radius 2 is 1.37 bits per heavy atom. The lowest BCUT2D eigenvalue weighted by Gasteiger charge is -2.12. The molecular weight excluding hydrogens is 448 g/mol. The van der Waals surface area contributed by atoms with Crippen molar-refractivity contribution in [2.75, 3.05) is 0 Å². The van der Waals surface area contributed by atoms with E-state index in [1.54, 1.807) is 0 Å². The van der Waals surface area contributed by atoms with Crippen molar-refractivity contribution in [3.8, 4) is 11.6 Å². The van der Waals surface area contributed by atoms with Crippen LogP contribution in [0.3, 0.4) is 0 Å². The predicted octanol–water partition coefficient (Wildman–Crippen LogP) is 7.89. The summed E-state index contributed by atoms with van der Waals surface area (Å²) in [4.78, 5) is 9.98. The van der Waals surface area contributed by atoms with Gasteiger partial charge in [-0.25, -0.2) is 4.98 Å². The minimum atomic E-state index is 0.867. The fourth-order valence-electron chi connectivity index (χ4n) is 5.26. The van der Waals surface area contributed by atoms with Gasteiger partial charge in [0.15, 0.2) is 0 Å². The molecule has 0 N–H and O–H groups in total. The number of aromatic nitrogens is 4. The molecule has 4 heterocycles. The monoisotopic (exact) mass is 466 g/mol. The van der Waals surface area contributed by atoms with Gasteiger partial charge in [0, 0.05) is 37.4 Å². The van der Waals surface area contributed by atoms with Crippen molar-refractivity contribution in [1.82, 2.24) is 19.1 Å². The highest BCUT2D eigenvalue weighted by molar-refractivity contribution is 7.25. The molecule has 164 valence electrons. The second-order valence-electron chi connectivity index (χ2n) is 8.74. The zero-order valence-electron chi connectivity index (χ0n) is 18.6. The number of rotatable bonds is 2. The van der Waals surface area contributed by atoms with Gasteiger partial charge in [0.25, 0.3) is 0 Å². The van der Waals surface area contributed by atoms with Gasteiger partial charge >= 0.3 is 0 Å². The maximum absolute atomic E-state index is 5.16. The van der Waals surface area contributed by atoms with E-state index < -0.39 is 0 Å². The minimum Gasteiger partial charge on any atom is -0.278 e. The van der Waals surface area contributed by atoms with Gasteiger partial charge in [0.1, 0.15) is 0 Å². The Morgan fingerprint density at radius 1 is 0.571 bits per heavy atom. The van der Waals surface area contributed by atoms with E-state index in [4.69, 9.17) is 9.97 Å². The predicted molar refractivity (Wildman–Crippen MR) is 146 cm³/mol.